The van der Waals surface area contributed by atoms with Gasteiger partial charge in [0.15, 0.2) is 17.2 Å². The molecule has 4 heteroatoms. The summed E-state index contributed by atoms with van der Waals surface area (Å²) < 4.78 is 5.45. The Labute approximate surface area is 80.7 Å². The van der Waals surface area contributed by atoms with Gasteiger partial charge in [-0.2, -0.15) is 0 Å². The predicted octanol–water partition coefficient (Wildman–Crippen LogP) is 2.09. The first-order valence-corrected chi connectivity index (χ1v) is 4.45. The molecule has 1 aliphatic carbocycles. The summed E-state index contributed by atoms with van der Waals surface area (Å²) >= 11 is 5.79. The molecule has 1 aromatic heterocycles. The zero-order valence-corrected chi connectivity index (χ0v) is 7.62. The Morgan fingerprint density at radius 3 is 3.00 bits per heavy atom. The van der Waals surface area contributed by atoms with Crippen molar-refractivity contribution in [2.45, 2.75) is 18.9 Å². The molecule has 0 unspecified atom stereocenters. The van der Waals surface area contributed by atoms with Crippen molar-refractivity contribution in [3.63, 3.8) is 0 Å². The van der Waals surface area contributed by atoms with Crippen molar-refractivity contribution >= 4 is 17.9 Å². The summed E-state index contributed by atoms with van der Waals surface area (Å²) in [4.78, 5) is 14.5. The molecule has 1 aliphatic rings. The molecule has 0 aliphatic heterocycles. The molecular weight excluding hydrogens is 190 g/mol. The quantitative estimate of drug-likeness (QED) is 0.550. The van der Waals surface area contributed by atoms with Gasteiger partial charge in [-0.15, -0.1) is 0 Å². The molecule has 0 amide bonds. The van der Waals surface area contributed by atoms with Crippen LogP contribution < -0.4 is 4.74 Å². The van der Waals surface area contributed by atoms with Crippen LogP contribution in [0.4, 0.5) is 0 Å². The fourth-order valence-electron chi connectivity index (χ4n) is 0.998. The number of rotatable bonds is 3. The standard InChI is InChI=1S/C9H8ClNO2/c10-9-8(13-7-1-2-7)6(5-12)3-4-11-9/h3-5,7H,1-2H2. The fourth-order valence-corrected chi connectivity index (χ4v) is 1.21. The van der Waals surface area contributed by atoms with Crippen LogP contribution in [0, 0.1) is 0 Å². The van der Waals surface area contributed by atoms with Gasteiger partial charge in [0.1, 0.15) is 0 Å². The van der Waals surface area contributed by atoms with E-state index in [0.717, 1.165) is 19.1 Å². The zero-order chi connectivity index (χ0) is 9.26. The van der Waals surface area contributed by atoms with Crippen molar-refractivity contribution in [1.29, 1.82) is 0 Å². The Hall–Kier alpha value is -1.09. The molecule has 1 heterocycles. The lowest BCUT2D eigenvalue weighted by Crippen LogP contribution is -2.00. The lowest BCUT2D eigenvalue weighted by molar-refractivity contribution is 0.111. The Balaban J connectivity index is 2.32. The minimum Gasteiger partial charge on any atom is -0.486 e. The number of halogens is 1. The van der Waals surface area contributed by atoms with Crippen LogP contribution in [0.25, 0.3) is 0 Å². The average Bonchev–Trinajstić information content (AvgIpc) is 2.92. The summed E-state index contributed by atoms with van der Waals surface area (Å²) in [7, 11) is 0. The maximum atomic E-state index is 10.6. The van der Waals surface area contributed by atoms with E-state index in [2.05, 4.69) is 4.98 Å². The van der Waals surface area contributed by atoms with Gasteiger partial charge in [0.05, 0.1) is 11.7 Å². The van der Waals surface area contributed by atoms with Gasteiger partial charge in [-0.25, -0.2) is 4.98 Å². The van der Waals surface area contributed by atoms with E-state index in [1.165, 1.54) is 6.20 Å². The molecule has 0 atom stereocenters. The summed E-state index contributed by atoms with van der Waals surface area (Å²) in [6.45, 7) is 0. The van der Waals surface area contributed by atoms with E-state index in [1.54, 1.807) is 6.07 Å². The van der Waals surface area contributed by atoms with Crippen LogP contribution >= 0.6 is 11.6 Å². The van der Waals surface area contributed by atoms with Crippen LogP contribution in [-0.2, 0) is 0 Å². The molecule has 1 fully saturated rings. The third-order valence-electron chi connectivity index (χ3n) is 1.83. The van der Waals surface area contributed by atoms with Crippen LogP contribution in [0.3, 0.4) is 0 Å². The molecule has 0 aromatic carbocycles. The minimum atomic E-state index is 0.223. The first-order valence-electron chi connectivity index (χ1n) is 4.07. The number of carbonyl (C=O) groups excluding carboxylic acids is 1. The minimum absolute atomic E-state index is 0.223. The first kappa shape index (κ1) is 8.51. The predicted molar refractivity (Wildman–Crippen MR) is 48.3 cm³/mol. The van der Waals surface area contributed by atoms with E-state index >= 15 is 0 Å². The number of hydrogen-bond donors (Lipinski definition) is 0. The van der Waals surface area contributed by atoms with Crippen LogP contribution in [0.5, 0.6) is 5.75 Å². The van der Waals surface area contributed by atoms with E-state index in [9.17, 15) is 4.79 Å². The van der Waals surface area contributed by atoms with Gasteiger partial charge in [-0.3, -0.25) is 4.79 Å². The summed E-state index contributed by atoms with van der Waals surface area (Å²) in [5.74, 6) is 0.418. The van der Waals surface area contributed by atoms with Crippen molar-refractivity contribution in [2.24, 2.45) is 0 Å². The van der Waals surface area contributed by atoms with Gasteiger partial charge >= 0.3 is 0 Å². The lowest BCUT2D eigenvalue weighted by Gasteiger charge is -2.07. The smallest absolute Gasteiger partial charge is 0.171 e. The van der Waals surface area contributed by atoms with Crippen LogP contribution in [0.1, 0.15) is 23.2 Å². The maximum Gasteiger partial charge on any atom is 0.171 e. The molecule has 0 radical (unpaired) electrons. The van der Waals surface area contributed by atoms with E-state index < -0.39 is 0 Å². The average molecular weight is 198 g/mol. The normalized spacial score (nSPS) is 15.5. The second-order valence-electron chi connectivity index (χ2n) is 2.96. The number of ether oxygens (including phenoxy) is 1. The molecule has 13 heavy (non-hydrogen) atoms. The number of nitrogens with zero attached hydrogens (tertiary/aromatic N) is 1. The molecule has 1 saturated carbocycles. The molecule has 0 spiro atoms. The number of hydrogen-bond acceptors (Lipinski definition) is 3. The molecule has 2 rings (SSSR count). The van der Waals surface area contributed by atoms with Crippen molar-refractivity contribution in [1.82, 2.24) is 4.98 Å². The third kappa shape index (κ3) is 1.80. The number of aldehydes is 1. The summed E-state index contributed by atoms with van der Waals surface area (Å²) in [6.07, 6.45) is 4.50. The monoisotopic (exact) mass is 197 g/mol. The maximum absolute atomic E-state index is 10.6. The molecule has 0 N–H and O–H groups in total. The summed E-state index contributed by atoms with van der Waals surface area (Å²) in [5, 5.41) is 0.261. The van der Waals surface area contributed by atoms with Crippen molar-refractivity contribution in [3.05, 3.63) is 23.0 Å². The SMILES string of the molecule is O=Cc1ccnc(Cl)c1OC1CC1. The van der Waals surface area contributed by atoms with Gasteiger partial charge in [-0.05, 0) is 18.9 Å². The van der Waals surface area contributed by atoms with E-state index in [-0.39, 0.29) is 11.3 Å². The molecule has 0 bridgehead atoms. The van der Waals surface area contributed by atoms with Gasteiger partial charge in [0, 0.05) is 6.20 Å². The summed E-state index contributed by atoms with van der Waals surface area (Å²) in [6, 6.07) is 1.59. The highest BCUT2D eigenvalue weighted by atomic mass is 35.5. The summed E-state index contributed by atoms with van der Waals surface area (Å²) in [5.41, 5.74) is 0.465. The highest BCUT2D eigenvalue weighted by Crippen LogP contribution is 2.32. The van der Waals surface area contributed by atoms with Crippen molar-refractivity contribution in [3.8, 4) is 5.75 Å². The molecule has 0 saturated heterocycles. The Kier molecular flexibility index (Phi) is 2.19. The number of carbonyl (C=O) groups is 1. The van der Waals surface area contributed by atoms with E-state index in [0.29, 0.717) is 11.3 Å². The van der Waals surface area contributed by atoms with Gasteiger partial charge in [-0.1, -0.05) is 11.6 Å². The lowest BCUT2D eigenvalue weighted by atomic mass is 10.3. The third-order valence-corrected chi connectivity index (χ3v) is 2.10. The number of pyridine rings is 1. The Bertz CT molecular complexity index is 336. The van der Waals surface area contributed by atoms with Gasteiger partial charge < -0.3 is 4.74 Å². The second-order valence-corrected chi connectivity index (χ2v) is 3.31. The fraction of sp³-hybridized carbons (Fsp3) is 0.333. The highest BCUT2D eigenvalue weighted by molar-refractivity contribution is 6.31. The number of aromatic nitrogens is 1. The van der Waals surface area contributed by atoms with Crippen molar-refractivity contribution < 1.29 is 9.53 Å². The molecule has 68 valence electrons. The topological polar surface area (TPSA) is 39.2 Å². The van der Waals surface area contributed by atoms with Crippen LogP contribution in [-0.4, -0.2) is 17.4 Å². The molecule has 3 nitrogen and oxygen atoms in total. The Morgan fingerprint density at radius 2 is 2.38 bits per heavy atom. The zero-order valence-electron chi connectivity index (χ0n) is 6.87. The molecular formula is C9H8ClNO2. The highest BCUT2D eigenvalue weighted by Gasteiger charge is 2.25. The van der Waals surface area contributed by atoms with E-state index in [4.69, 9.17) is 16.3 Å². The van der Waals surface area contributed by atoms with Gasteiger partial charge in [0.2, 0.25) is 0 Å². The second kappa shape index (κ2) is 3.34. The first-order chi connectivity index (χ1) is 6.31. The van der Waals surface area contributed by atoms with Crippen molar-refractivity contribution in [2.75, 3.05) is 0 Å². The van der Waals surface area contributed by atoms with Gasteiger partial charge in [0.25, 0.3) is 0 Å². The Morgan fingerprint density at radius 1 is 1.62 bits per heavy atom. The molecule has 1 aromatic rings. The van der Waals surface area contributed by atoms with Crippen LogP contribution in [0.15, 0.2) is 12.3 Å². The largest absolute Gasteiger partial charge is 0.486 e. The van der Waals surface area contributed by atoms with Crippen LogP contribution in [0.2, 0.25) is 5.15 Å². The van der Waals surface area contributed by atoms with E-state index in [1.807, 2.05) is 0 Å².